The molecule has 1 saturated carbocycles. The van der Waals surface area contributed by atoms with Crippen molar-refractivity contribution in [3.05, 3.63) is 68.7 Å². The molecule has 1 aliphatic carbocycles. The van der Waals surface area contributed by atoms with Crippen LogP contribution in [0.15, 0.2) is 42.5 Å². The average Bonchev–Trinajstić information content (AvgIpc) is 2.98. The molecule has 30 heavy (non-hydrogen) atoms. The number of carbonyl (C=O) groups excluding carboxylic acids is 2. The zero-order chi connectivity index (χ0) is 21.6. The van der Waals surface area contributed by atoms with E-state index in [2.05, 4.69) is 5.32 Å². The molecule has 1 saturated heterocycles. The Bertz CT molecular complexity index is 984. The highest BCUT2D eigenvalue weighted by molar-refractivity contribution is 6.35. The standard InChI is InChI=1S/C23H22Cl3NO3/c1-12-20-19(13-3-5-14(24)6-4-13)17(16-8-7-15(25)11-18(16)26)9-10-23(20,21(28)27-12)22(29)30-2/h3-8,11-12,17,19-20H,9-10H2,1-2H3,(H,27,28)/t12-,17+,19+,20+,23+/m1/s1. The first kappa shape index (κ1) is 21.5. The third kappa shape index (κ3) is 3.30. The Kier molecular flexibility index (Phi) is 5.78. The summed E-state index contributed by atoms with van der Waals surface area (Å²) in [7, 11) is 1.34. The zero-order valence-electron chi connectivity index (χ0n) is 16.6. The minimum Gasteiger partial charge on any atom is -0.468 e. The van der Waals surface area contributed by atoms with Gasteiger partial charge in [0.05, 0.1) is 7.11 Å². The molecule has 2 fully saturated rings. The van der Waals surface area contributed by atoms with Crippen molar-refractivity contribution in [2.75, 3.05) is 7.11 Å². The maximum Gasteiger partial charge on any atom is 0.321 e. The normalized spacial score (nSPS) is 30.5. The Morgan fingerprint density at radius 1 is 1.10 bits per heavy atom. The Morgan fingerprint density at radius 2 is 1.77 bits per heavy atom. The van der Waals surface area contributed by atoms with Crippen LogP contribution in [-0.2, 0) is 14.3 Å². The number of carbonyl (C=O) groups is 2. The Balaban J connectivity index is 1.90. The molecule has 7 heteroatoms. The van der Waals surface area contributed by atoms with Crippen LogP contribution in [-0.4, -0.2) is 25.0 Å². The Labute approximate surface area is 190 Å². The van der Waals surface area contributed by atoms with E-state index in [9.17, 15) is 9.59 Å². The molecule has 0 spiro atoms. The number of halogens is 3. The van der Waals surface area contributed by atoms with Crippen LogP contribution in [0.5, 0.6) is 0 Å². The minimum atomic E-state index is -1.21. The smallest absolute Gasteiger partial charge is 0.321 e. The Hall–Kier alpha value is -1.75. The van der Waals surface area contributed by atoms with Gasteiger partial charge in [-0.2, -0.15) is 0 Å². The minimum absolute atomic E-state index is 0.00822. The highest BCUT2D eigenvalue weighted by Crippen LogP contribution is 2.59. The van der Waals surface area contributed by atoms with Crippen molar-refractivity contribution in [2.45, 2.75) is 37.6 Å². The number of nitrogens with one attached hydrogen (secondary N) is 1. The van der Waals surface area contributed by atoms with E-state index < -0.39 is 11.4 Å². The van der Waals surface area contributed by atoms with Crippen LogP contribution in [0.25, 0.3) is 0 Å². The lowest BCUT2D eigenvalue weighted by atomic mass is 9.55. The predicted octanol–water partition coefficient (Wildman–Crippen LogP) is 5.60. The summed E-state index contributed by atoms with van der Waals surface area (Å²) in [5.74, 6) is -1.15. The average molecular weight is 467 g/mol. The molecule has 1 aliphatic heterocycles. The molecule has 1 amide bonds. The molecule has 4 nitrogen and oxygen atoms in total. The molecule has 2 aliphatic rings. The van der Waals surface area contributed by atoms with Crippen molar-refractivity contribution in [3.8, 4) is 0 Å². The molecule has 2 aromatic carbocycles. The lowest BCUT2D eigenvalue weighted by Gasteiger charge is -2.46. The first-order chi connectivity index (χ1) is 14.3. The van der Waals surface area contributed by atoms with Crippen LogP contribution < -0.4 is 5.32 Å². The maximum absolute atomic E-state index is 13.1. The van der Waals surface area contributed by atoms with Crippen molar-refractivity contribution in [1.29, 1.82) is 0 Å². The van der Waals surface area contributed by atoms with E-state index in [0.29, 0.717) is 27.9 Å². The second kappa shape index (κ2) is 8.07. The summed E-state index contributed by atoms with van der Waals surface area (Å²) in [4.78, 5) is 26.0. The molecule has 5 atom stereocenters. The second-order valence-corrected chi connectivity index (χ2v) is 9.42. The van der Waals surface area contributed by atoms with E-state index in [1.807, 2.05) is 43.3 Å². The van der Waals surface area contributed by atoms with Crippen LogP contribution in [0.2, 0.25) is 15.1 Å². The third-order valence-electron chi connectivity index (χ3n) is 6.71. The first-order valence-electron chi connectivity index (χ1n) is 9.89. The van der Waals surface area contributed by atoms with Gasteiger partial charge in [0.25, 0.3) is 0 Å². The number of methoxy groups -OCH3 is 1. The number of esters is 1. The monoisotopic (exact) mass is 465 g/mol. The fraction of sp³-hybridized carbons (Fsp3) is 0.391. The van der Waals surface area contributed by atoms with E-state index in [1.54, 1.807) is 6.07 Å². The highest BCUT2D eigenvalue weighted by atomic mass is 35.5. The molecule has 0 aromatic heterocycles. The number of hydrogen-bond acceptors (Lipinski definition) is 3. The van der Waals surface area contributed by atoms with Crippen molar-refractivity contribution in [1.82, 2.24) is 5.32 Å². The van der Waals surface area contributed by atoms with E-state index in [1.165, 1.54) is 7.11 Å². The molecule has 0 bridgehead atoms. The maximum atomic E-state index is 13.1. The SMILES string of the molecule is COC(=O)[C@@]12CC[C@@H](c3ccc(Cl)cc3Cl)[C@H](c3ccc(Cl)cc3)[C@@H]1[C@@H](C)NC2=O. The lowest BCUT2D eigenvalue weighted by molar-refractivity contribution is -0.163. The topological polar surface area (TPSA) is 55.4 Å². The number of fused-ring (bicyclic) bond motifs is 1. The van der Waals surface area contributed by atoms with Gasteiger partial charge in [-0.25, -0.2) is 0 Å². The van der Waals surface area contributed by atoms with E-state index in [-0.39, 0.29) is 29.7 Å². The first-order valence-corrected chi connectivity index (χ1v) is 11.0. The van der Waals surface area contributed by atoms with Crippen LogP contribution in [0, 0.1) is 11.3 Å². The fourth-order valence-electron chi connectivity index (χ4n) is 5.50. The van der Waals surface area contributed by atoms with Crippen molar-refractivity contribution in [2.24, 2.45) is 11.3 Å². The van der Waals surface area contributed by atoms with Gasteiger partial charge in [-0.05, 0) is 67.0 Å². The molecule has 2 aromatic rings. The number of benzene rings is 2. The van der Waals surface area contributed by atoms with Gasteiger partial charge in [-0.3, -0.25) is 9.59 Å². The van der Waals surface area contributed by atoms with Crippen LogP contribution in [0.4, 0.5) is 0 Å². The molecule has 4 rings (SSSR count). The zero-order valence-corrected chi connectivity index (χ0v) is 18.9. The summed E-state index contributed by atoms with van der Waals surface area (Å²) in [6, 6.07) is 12.9. The van der Waals surface area contributed by atoms with Gasteiger partial charge < -0.3 is 10.1 Å². The van der Waals surface area contributed by atoms with Crippen molar-refractivity contribution >= 4 is 46.7 Å². The van der Waals surface area contributed by atoms with Gasteiger partial charge in [0.15, 0.2) is 5.41 Å². The van der Waals surface area contributed by atoms with Crippen molar-refractivity contribution in [3.63, 3.8) is 0 Å². The molecule has 1 heterocycles. The van der Waals surface area contributed by atoms with Crippen LogP contribution in [0.1, 0.15) is 42.7 Å². The van der Waals surface area contributed by atoms with Gasteiger partial charge in [0.1, 0.15) is 0 Å². The molecule has 1 N–H and O–H groups in total. The number of amides is 1. The molecule has 0 unspecified atom stereocenters. The number of ether oxygens (including phenoxy) is 1. The lowest BCUT2D eigenvalue weighted by Crippen LogP contribution is -2.50. The summed E-state index contributed by atoms with van der Waals surface area (Å²) < 4.78 is 5.13. The molecular weight excluding hydrogens is 445 g/mol. The van der Waals surface area contributed by atoms with Gasteiger partial charge in [0, 0.05) is 27.0 Å². The molecular formula is C23H22Cl3NO3. The summed E-state index contributed by atoms with van der Waals surface area (Å²) >= 11 is 18.9. The largest absolute Gasteiger partial charge is 0.468 e. The Morgan fingerprint density at radius 3 is 2.40 bits per heavy atom. The number of hydrogen-bond donors (Lipinski definition) is 1. The van der Waals surface area contributed by atoms with Crippen LogP contribution >= 0.6 is 34.8 Å². The van der Waals surface area contributed by atoms with Gasteiger partial charge >= 0.3 is 5.97 Å². The van der Waals surface area contributed by atoms with E-state index in [0.717, 1.165) is 11.1 Å². The summed E-state index contributed by atoms with van der Waals surface area (Å²) in [5, 5.41) is 4.78. The quantitative estimate of drug-likeness (QED) is 0.473. The van der Waals surface area contributed by atoms with Crippen molar-refractivity contribution < 1.29 is 14.3 Å². The third-order valence-corrected chi connectivity index (χ3v) is 7.52. The number of rotatable bonds is 3. The second-order valence-electron chi connectivity index (χ2n) is 8.14. The fourth-order valence-corrected chi connectivity index (χ4v) is 6.18. The van der Waals surface area contributed by atoms with Gasteiger partial charge in [-0.1, -0.05) is 53.0 Å². The van der Waals surface area contributed by atoms with Crippen LogP contribution in [0.3, 0.4) is 0 Å². The summed E-state index contributed by atoms with van der Waals surface area (Å²) in [6.45, 7) is 1.95. The van der Waals surface area contributed by atoms with Gasteiger partial charge in [0.2, 0.25) is 5.91 Å². The molecule has 0 radical (unpaired) electrons. The summed E-state index contributed by atoms with van der Waals surface area (Å²) in [5.41, 5.74) is 0.760. The predicted molar refractivity (Wildman–Crippen MR) is 118 cm³/mol. The van der Waals surface area contributed by atoms with E-state index >= 15 is 0 Å². The highest BCUT2D eigenvalue weighted by Gasteiger charge is 2.65. The summed E-state index contributed by atoms with van der Waals surface area (Å²) in [6.07, 6.45) is 1.01. The van der Waals surface area contributed by atoms with E-state index in [4.69, 9.17) is 39.5 Å². The van der Waals surface area contributed by atoms with Gasteiger partial charge in [-0.15, -0.1) is 0 Å². The molecule has 158 valence electrons.